The van der Waals surface area contributed by atoms with Gasteiger partial charge in [0.1, 0.15) is 12.1 Å². The fraction of sp³-hybridized carbons (Fsp3) is 0.400. The van der Waals surface area contributed by atoms with Gasteiger partial charge < -0.3 is 20.5 Å². The number of carboxylic acids is 1. The molecule has 0 radical (unpaired) electrons. The van der Waals surface area contributed by atoms with Crippen LogP contribution in [-0.2, 0) is 14.3 Å². The first-order valence-corrected chi connectivity index (χ1v) is 11.0. The van der Waals surface area contributed by atoms with Crippen LogP contribution in [0.2, 0.25) is 0 Å². The van der Waals surface area contributed by atoms with Gasteiger partial charge in [0.15, 0.2) is 0 Å². The number of hydrogen-bond acceptors (Lipinski definition) is 4. The van der Waals surface area contributed by atoms with E-state index in [1.165, 1.54) is 0 Å². The van der Waals surface area contributed by atoms with E-state index in [2.05, 4.69) is 22.8 Å². The Hall–Kier alpha value is -3.35. The molecule has 0 bridgehead atoms. The summed E-state index contributed by atoms with van der Waals surface area (Å²) in [6.07, 6.45) is 0.771. The van der Waals surface area contributed by atoms with Crippen LogP contribution in [-0.4, -0.2) is 41.8 Å². The van der Waals surface area contributed by atoms with E-state index in [-0.39, 0.29) is 31.4 Å². The zero-order valence-electron chi connectivity index (χ0n) is 18.5. The number of ether oxygens (including phenoxy) is 1. The quantitative estimate of drug-likeness (QED) is 0.485. The molecule has 3 rings (SSSR count). The highest BCUT2D eigenvalue weighted by Crippen LogP contribution is 2.44. The van der Waals surface area contributed by atoms with Crippen molar-refractivity contribution in [2.75, 3.05) is 13.2 Å². The maximum Gasteiger partial charge on any atom is 0.408 e. The fourth-order valence-electron chi connectivity index (χ4n) is 4.23. The Morgan fingerprint density at radius 3 is 2.19 bits per heavy atom. The smallest absolute Gasteiger partial charge is 0.408 e. The summed E-state index contributed by atoms with van der Waals surface area (Å²) in [5, 5.41) is 14.2. The number of aliphatic carboxylic acids is 1. The highest BCUT2D eigenvalue weighted by atomic mass is 16.5. The second kappa shape index (κ2) is 10.3. The lowest BCUT2D eigenvalue weighted by molar-refractivity contribution is -0.137. The first kappa shape index (κ1) is 23.3. The average Bonchev–Trinajstić information content (AvgIpc) is 3.09. The number of alkyl carbamates (subject to hydrolysis) is 1. The maximum absolute atomic E-state index is 12.7. The first-order valence-electron chi connectivity index (χ1n) is 11.0. The minimum absolute atomic E-state index is 0.0232. The number of carbonyl (C=O) groups is 3. The Balaban J connectivity index is 1.62. The number of benzene rings is 2. The summed E-state index contributed by atoms with van der Waals surface area (Å²) in [6, 6.07) is 16.2. The molecule has 2 aromatic rings. The van der Waals surface area contributed by atoms with Gasteiger partial charge in [-0.1, -0.05) is 61.9 Å². The molecule has 0 aliphatic heterocycles. The molecule has 3 N–H and O–H groups in total. The minimum Gasteiger partial charge on any atom is -0.481 e. The monoisotopic (exact) mass is 438 g/mol. The maximum atomic E-state index is 12.7. The molecular formula is C25H30N2O5. The van der Waals surface area contributed by atoms with Gasteiger partial charge in [0.25, 0.3) is 0 Å². The summed E-state index contributed by atoms with van der Waals surface area (Å²) in [5.41, 5.74) is 3.39. The van der Waals surface area contributed by atoms with Gasteiger partial charge in [0, 0.05) is 18.9 Å². The van der Waals surface area contributed by atoms with Gasteiger partial charge in [0.05, 0.1) is 0 Å². The van der Waals surface area contributed by atoms with Crippen molar-refractivity contribution in [1.82, 2.24) is 10.6 Å². The number of amides is 2. The minimum atomic E-state index is -1.14. The number of nitrogens with one attached hydrogen (secondary N) is 2. The largest absolute Gasteiger partial charge is 0.481 e. The molecule has 32 heavy (non-hydrogen) atoms. The number of rotatable bonds is 10. The molecule has 1 atom stereocenters. The summed E-state index contributed by atoms with van der Waals surface area (Å²) in [7, 11) is 0. The van der Waals surface area contributed by atoms with Crippen LogP contribution in [0.15, 0.2) is 48.5 Å². The van der Waals surface area contributed by atoms with Gasteiger partial charge in [-0.05, 0) is 42.0 Å². The van der Waals surface area contributed by atoms with Crippen molar-refractivity contribution in [2.24, 2.45) is 0 Å². The predicted molar refractivity (Wildman–Crippen MR) is 121 cm³/mol. The molecule has 0 spiro atoms. The Bertz CT molecular complexity index is 944. The van der Waals surface area contributed by atoms with Crippen LogP contribution in [0.5, 0.6) is 0 Å². The molecule has 1 unspecified atom stereocenters. The Morgan fingerprint density at radius 2 is 1.62 bits per heavy atom. The number of fused-ring (bicyclic) bond motifs is 3. The third-order valence-electron chi connectivity index (χ3n) is 5.83. The highest BCUT2D eigenvalue weighted by Gasteiger charge is 2.35. The van der Waals surface area contributed by atoms with Gasteiger partial charge >= 0.3 is 12.1 Å². The summed E-state index contributed by atoms with van der Waals surface area (Å²) in [6.45, 7) is 3.99. The van der Waals surface area contributed by atoms with Crippen LogP contribution in [0.3, 0.4) is 0 Å². The van der Waals surface area contributed by atoms with Crippen molar-refractivity contribution in [3.8, 4) is 11.1 Å². The van der Waals surface area contributed by atoms with Crippen LogP contribution in [0.1, 0.15) is 56.6 Å². The van der Waals surface area contributed by atoms with Gasteiger partial charge in [0.2, 0.25) is 5.91 Å². The molecule has 0 saturated carbocycles. The predicted octanol–water partition coefficient (Wildman–Crippen LogP) is 4.06. The SMILES string of the molecule is CCCC(C)(NC(=O)OCC1c2ccccc2-c2ccccc21)C(=O)NCCCC(=O)O. The molecule has 7 nitrogen and oxygen atoms in total. The van der Waals surface area contributed by atoms with E-state index in [9.17, 15) is 14.4 Å². The number of carbonyl (C=O) groups excluding carboxylic acids is 2. The standard InChI is InChI=1S/C25H30N2O5/c1-3-14-25(2,23(30)26-15-8-13-22(28)29)27-24(31)32-16-21-19-11-6-4-9-17(19)18-10-5-7-12-20(18)21/h4-7,9-12,21H,3,8,13-16H2,1-2H3,(H,26,30)(H,27,31)(H,28,29). The lowest BCUT2D eigenvalue weighted by Gasteiger charge is -2.29. The fourth-order valence-corrected chi connectivity index (χ4v) is 4.23. The zero-order valence-corrected chi connectivity index (χ0v) is 18.5. The summed E-state index contributed by atoms with van der Waals surface area (Å²) in [4.78, 5) is 36.0. The zero-order chi connectivity index (χ0) is 23.1. The topological polar surface area (TPSA) is 105 Å². The molecule has 1 aliphatic rings. The molecule has 0 saturated heterocycles. The summed E-state index contributed by atoms with van der Waals surface area (Å²) >= 11 is 0. The Labute approximate surface area is 188 Å². The van der Waals surface area contributed by atoms with Crippen LogP contribution in [0.25, 0.3) is 11.1 Å². The third kappa shape index (κ3) is 5.28. The van der Waals surface area contributed by atoms with Crippen LogP contribution in [0.4, 0.5) is 4.79 Å². The van der Waals surface area contributed by atoms with Crippen molar-refractivity contribution in [2.45, 2.75) is 51.0 Å². The van der Waals surface area contributed by atoms with Crippen LogP contribution < -0.4 is 10.6 Å². The third-order valence-corrected chi connectivity index (χ3v) is 5.83. The van der Waals surface area contributed by atoms with Crippen molar-refractivity contribution in [3.05, 3.63) is 59.7 Å². The number of carboxylic acid groups (broad SMARTS) is 1. The van der Waals surface area contributed by atoms with Crippen LogP contribution in [0, 0.1) is 0 Å². The molecule has 2 aromatic carbocycles. The van der Waals surface area contributed by atoms with Crippen molar-refractivity contribution in [1.29, 1.82) is 0 Å². The van der Waals surface area contributed by atoms with Crippen LogP contribution >= 0.6 is 0 Å². The molecule has 1 aliphatic carbocycles. The average molecular weight is 439 g/mol. The van der Waals surface area contributed by atoms with E-state index in [1.54, 1.807) is 6.92 Å². The second-order valence-electron chi connectivity index (χ2n) is 8.29. The highest BCUT2D eigenvalue weighted by molar-refractivity contribution is 5.89. The Morgan fingerprint density at radius 1 is 1.03 bits per heavy atom. The first-order chi connectivity index (χ1) is 15.4. The summed E-state index contributed by atoms with van der Waals surface area (Å²) < 4.78 is 5.58. The van der Waals surface area contributed by atoms with Gasteiger partial charge in [-0.3, -0.25) is 9.59 Å². The molecule has 7 heteroatoms. The molecule has 0 heterocycles. The van der Waals surface area contributed by atoms with E-state index in [4.69, 9.17) is 9.84 Å². The van der Waals surface area contributed by atoms with Gasteiger partial charge in [-0.25, -0.2) is 4.79 Å². The molecular weight excluding hydrogens is 408 g/mol. The Kier molecular flexibility index (Phi) is 7.51. The number of hydrogen-bond donors (Lipinski definition) is 3. The van der Waals surface area contributed by atoms with Crippen molar-refractivity contribution >= 4 is 18.0 Å². The molecule has 0 fully saturated rings. The van der Waals surface area contributed by atoms with Gasteiger partial charge in [-0.2, -0.15) is 0 Å². The van der Waals surface area contributed by atoms with Crippen molar-refractivity contribution in [3.63, 3.8) is 0 Å². The molecule has 2 amide bonds. The van der Waals surface area contributed by atoms with E-state index >= 15 is 0 Å². The summed E-state index contributed by atoms with van der Waals surface area (Å²) in [5.74, 6) is -1.32. The van der Waals surface area contributed by atoms with E-state index in [0.29, 0.717) is 19.3 Å². The van der Waals surface area contributed by atoms with E-state index in [0.717, 1.165) is 22.3 Å². The normalized spacial score (nSPS) is 14.1. The molecule has 170 valence electrons. The van der Waals surface area contributed by atoms with Gasteiger partial charge in [-0.15, -0.1) is 0 Å². The van der Waals surface area contributed by atoms with Crippen molar-refractivity contribution < 1.29 is 24.2 Å². The lowest BCUT2D eigenvalue weighted by Crippen LogP contribution is -2.57. The molecule has 0 aromatic heterocycles. The van der Waals surface area contributed by atoms with E-state index < -0.39 is 17.6 Å². The second-order valence-corrected chi connectivity index (χ2v) is 8.29. The van der Waals surface area contributed by atoms with E-state index in [1.807, 2.05) is 43.3 Å². The lowest BCUT2D eigenvalue weighted by atomic mass is 9.95.